The third kappa shape index (κ3) is 4.81. The summed E-state index contributed by atoms with van der Waals surface area (Å²) < 4.78 is 52.9. The van der Waals surface area contributed by atoms with Crippen LogP contribution >= 0.6 is 0 Å². The van der Waals surface area contributed by atoms with Crippen molar-refractivity contribution in [1.82, 2.24) is 10.2 Å². The van der Waals surface area contributed by atoms with Crippen LogP contribution in [-0.2, 0) is 6.18 Å². The molecule has 28 heavy (non-hydrogen) atoms. The Balaban J connectivity index is 1.48. The number of para-hydroxylation sites is 1. The molecule has 8 heteroatoms. The van der Waals surface area contributed by atoms with Gasteiger partial charge in [-0.05, 0) is 24.3 Å². The summed E-state index contributed by atoms with van der Waals surface area (Å²) in [7, 11) is 0. The summed E-state index contributed by atoms with van der Waals surface area (Å²) in [6, 6.07) is 11.3. The number of alkyl halides is 3. The van der Waals surface area contributed by atoms with Crippen LogP contribution in [0.1, 0.15) is 15.9 Å². The third-order valence-electron chi connectivity index (χ3n) is 4.76. The highest BCUT2D eigenvalue weighted by Gasteiger charge is 2.34. The van der Waals surface area contributed by atoms with Crippen molar-refractivity contribution >= 4 is 11.6 Å². The highest BCUT2D eigenvalue weighted by atomic mass is 19.4. The predicted octanol–water partition coefficient (Wildman–Crippen LogP) is 3.40. The van der Waals surface area contributed by atoms with Crippen molar-refractivity contribution in [2.45, 2.75) is 6.18 Å². The van der Waals surface area contributed by atoms with Gasteiger partial charge in [-0.25, -0.2) is 4.39 Å². The summed E-state index contributed by atoms with van der Waals surface area (Å²) in [4.78, 5) is 16.2. The van der Waals surface area contributed by atoms with E-state index in [0.717, 1.165) is 6.07 Å². The minimum atomic E-state index is -4.57. The van der Waals surface area contributed by atoms with Crippen molar-refractivity contribution in [3.05, 3.63) is 65.5 Å². The van der Waals surface area contributed by atoms with Crippen LogP contribution in [-0.4, -0.2) is 50.1 Å². The van der Waals surface area contributed by atoms with Crippen LogP contribution in [0, 0.1) is 5.82 Å². The number of carbonyl (C=O) groups excluding carboxylic acids is 1. The van der Waals surface area contributed by atoms with Crippen molar-refractivity contribution in [2.24, 2.45) is 0 Å². The van der Waals surface area contributed by atoms with Gasteiger partial charge in [0.1, 0.15) is 5.82 Å². The number of amides is 1. The van der Waals surface area contributed by atoms with Crippen LogP contribution in [0.15, 0.2) is 48.5 Å². The van der Waals surface area contributed by atoms with Gasteiger partial charge in [0.25, 0.3) is 5.91 Å². The van der Waals surface area contributed by atoms with Gasteiger partial charge in [0, 0.05) is 39.3 Å². The number of hydrogen-bond donors (Lipinski definition) is 1. The van der Waals surface area contributed by atoms with E-state index in [1.54, 1.807) is 18.2 Å². The van der Waals surface area contributed by atoms with Gasteiger partial charge in [-0.1, -0.05) is 24.3 Å². The van der Waals surface area contributed by atoms with Crippen LogP contribution in [0.3, 0.4) is 0 Å². The van der Waals surface area contributed by atoms with E-state index in [9.17, 15) is 22.4 Å². The molecule has 4 nitrogen and oxygen atoms in total. The summed E-state index contributed by atoms with van der Waals surface area (Å²) in [6.07, 6.45) is -4.57. The van der Waals surface area contributed by atoms with Crippen molar-refractivity contribution < 1.29 is 22.4 Å². The smallest absolute Gasteiger partial charge is 0.367 e. The van der Waals surface area contributed by atoms with Crippen molar-refractivity contribution in [3.63, 3.8) is 0 Å². The number of nitrogens with one attached hydrogen (secondary N) is 1. The first-order chi connectivity index (χ1) is 13.4. The average molecular weight is 395 g/mol. The molecule has 1 saturated heterocycles. The second kappa shape index (κ2) is 8.60. The number of halogens is 4. The molecule has 0 unspecified atom stereocenters. The standard InChI is InChI=1S/C20H21F4N3O/c21-17-7-3-4-8-18(17)27-13-11-26(12-14-27)10-9-25-19(28)15-5-1-2-6-16(15)20(22,23)24/h1-8H,9-14H2,(H,25,28). The number of anilines is 1. The normalized spacial score (nSPS) is 15.5. The molecular formula is C20H21F4N3O. The van der Waals surface area contributed by atoms with Crippen molar-refractivity contribution in [3.8, 4) is 0 Å². The van der Waals surface area contributed by atoms with Gasteiger partial charge < -0.3 is 10.2 Å². The zero-order chi connectivity index (χ0) is 20.1. The van der Waals surface area contributed by atoms with E-state index in [0.29, 0.717) is 38.4 Å². The van der Waals surface area contributed by atoms with Gasteiger partial charge >= 0.3 is 6.18 Å². The van der Waals surface area contributed by atoms with E-state index in [1.165, 1.54) is 24.3 Å². The summed E-state index contributed by atoms with van der Waals surface area (Å²) >= 11 is 0. The van der Waals surface area contributed by atoms with Crippen molar-refractivity contribution in [2.75, 3.05) is 44.2 Å². The number of rotatable bonds is 5. The SMILES string of the molecule is O=C(NCCN1CCN(c2ccccc2F)CC1)c1ccccc1C(F)(F)F. The van der Waals surface area contributed by atoms with Gasteiger partial charge in [0.15, 0.2) is 0 Å². The summed E-state index contributed by atoms with van der Waals surface area (Å²) in [5.41, 5.74) is -0.746. The molecule has 1 N–H and O–H groups in total. The first kappa shape index (κ1) is 20.1. The molecule has 0 radical (unpaired) electrons. The van der Waals surface area contributed by atoms with Gasteiger partial charge in [-0.3, -0.25) is 9.69 Å². The molecule has 1 heterocycles. The first-order valence-corrected chi connectivity index (χ1v) is 9.02. The molecule has 0 saturated carbocycles. The summed E-state index contributed by atoms with van der Waals surface area (Å²) in [5, 5.41) is 2.56. The maximum Gasteiger partial charge on any atom is 0.417 e. The quantitative estimate of drug-likeness (QED) is 0.789. The number of piperazine rings is 1. The molecule has 2 aromatic carbocycles. The maximum atomic E-state index is 13.9. The topological polar surface area (TPSA) is 35.6 Å². The Hall–Kier alpha value is -2.61. The Kier molecular flexibility index (Phi) is 6.18. The Morgan fingerprint density at radius 1 is 0.964 bits per heavy atom. The molecule has 1 fully saturated rings. The lowest BCUT2D eigenvalue weighted by Crippen LogP contribution is -2.48. The first-order valence-electron chi connectivity index (χ1n) is 9.02. The molecule has 1 aliphatic heterocycles. The minimum Gasteiger partial charge on any atom is -0.367 e. The van der Waals surface area contributed by atoms with Crippen LogP contribution in [0.25, 0.3) is 0 Å². The number of nitrogens with zero attached hydrogens (tertiary/aromatic N) is 2. The Morgan fingerprint density at radius 3 is 2.29 bits per heavy atom. The zero-order valence-corrected chi connectivity index (χ0v) is 15.2. The van der Waals surface area contributed by atoms with E-state index in [4.69, 9.17) is 0 Å². The molecule has 150 valence electrons. The maximum absolute atomic E-state index is 13.9. The second-order valence-corrected chi connectivity index (χ2v) is 6.58. The van der Waals surface area contributed by atoms with E-state index < -0.39 is 17.6 Å². The fourth-order valence-corrected chi connectivity index (χ4v) is 3.27. The number of carbonyl (C=O) groups is 1. The molecule has 2 aromatic rings. The summed E-state index contributed by atoms with van der Waals surface area (Å²) in [5.74, 6) is -0.996. The van der Waals surface area contributed by atoms with Crippen molar-refractivity contribution in [1.29, 1.82) is 0 Å². The van der Waals surface area contributed by atoms with Gasteiger partial charge in [0.2, 0.25) is 0 Å². The number of benzene rings is 2. The van der Waals surface area contributed by atoms with E-state index in [2.05, 4.69) is 10.2 Å². The molecule has 0 bridgehead atoms. The molecule has 0 spiro atoms. The van der Waals surface area contributed by atoms with E-state index in [1.807, 2.05) is 4.90 Å². The lowest BCUT2D eigenvalue weighted by molar-refractivity contribution is -0.137. The lowest BCUT2D eigenvalue weighted by Gasteiger charge is -2.36. The molecule has 0 aliphatic carbocycles. The van der Waals surface area contributed by atoms with E-state index >= 15 is 0 Å². The van der Waals surface area contributed by atoms with Gasteiger partial charge in [-0.15, -0.1) is 0 Å². The monoisotopic (exact) mass is 395 g/mol. The lowest BCUT2D eigenvalue weighted by atomic mass is 10.1. The zero-order valence-electron chi connectivity index (χ0n) is 15.2. The predicted molar refractivity (Wildman–Crippen MR) is 98.8 cm³/mol. The molecule has 3 rings (SSSR count). The fourth-order valence-electron chi connectivity index (χ4n) is 3.27. The second-order valence-electron chi connectivity index (χ2n) is 6.58. The minimum absolute atomic E-state index is 0.241. The van der Waals surface area contributed by atoms with Crippen LogP contribution in [0.2, 0.25) is 0 Å². The number of hydrogen-bond acceptors (Lipinski definition) is 3. The third-order valence-corrected chi connectivity index (χ3v) is 4.76. The molecule has 0 atom stereocenters. The molecule has 1 aliphatic rings. The molecule has 1 amide bonds. The highest BCUT2D eigenvalue weighted by Crippen LogP contribution is 2.31. The van der Waals surface area contributed by atoms with Crippen LogP contribution < -0.4 is 10.2 Å². The van der Waals surface area contributed by atoms with E-state index in [-0.39, 0.29) is 17.9 Å². The van der Waals surface area contributed by atoms with Gasteiger partial charge in [-0.2, -0.15) is 13.2 Å². The average Bonchev–Trinajstić information content (AvgIpc) is 2.68. The Labute approximate surface area is 160 Å². The summed E-state index contributed by atoms with van der Waals surface area (Å²) in [6.45, 7) is 3.42. The van der Waals surface area contributed by atoms with Crippen LogP contribution in [0.5, 0.6) is 0 Å². The molecule has 0 aromatic heterocycles. The van der Waals surface area contributed by atoms with Crippen LogP contribution in [0.4, 0.5) is 23.2 Å². The molecular weight excluding hydrogens is 374 g/mol. The largest absolute Gasteiger partial charge is 0.417 e. The highest BCUT2D eigenvalue weighted by molar-refractivity contribution is 5.95. The fraction of sp³-hybridized carbons (Fsp3) is 0.350. The Bertz CT molecular complexity index is 817. The Morgan fingerprint density at radius 2 is 1.61 bits per heavy atom. The van der Waals surface area contributed by atoms with Gasteiger partial charge in [0.05, 0.1) is 16.8 Å².